The number of urea groups is 1. The lowest BCUT2D eigenvalue weighted by atomic mass is 9.33. The number of hydrogen-bond acceptors (Lipinski definition) is 8. The van der Waals surface area contributed by atoms with E-state index in [1.807, 2.05) is 0 Å². The van der Waals surface area contributed by atoms with Crippen LogP contribution in [0.2, 0.25) is 0 Å². The molecule has 16 nitrogen and oxygen atoms in total. The Balaban J connectivity index is 0.000000180. The zero-order valence-electron chi connectivity index (χ0n) is 55.6. The van der Waals surface area contributed by atoms with Gasteiger partial charge in [0.15, 0.2) is 0 Å². The van der Waals surface area contributed by atoms with Crippen molar-refractivity contribution in [2.75, 3.05) is 24.6 Å². The van der Waals surface area contributed by atoms with Gasteiger partial charge in [-0.2, -0.15) is 10.2 Å². The van der Waals surface area contributed by atoms with Gasteiger partial charge in [-0.05, 0) is 214 Å². The highest BCUT2D eigenvalue weighted by Crippen LogP contribution is 2.78. The summed E-state index contributed by atoms with van der Waals surface area (Å²) in [5.41, 5.74) is 37.9. The summed E-state index contributed by atoms with van der Waals surface area (Å²) in [7, 11) is 0. The van der Waals surface area contributed by atoms with Gasteiger partial charge in [-0.15, -0.1) is 0 Å². The largest absolute Gasteiger partial charge is 0.382 e. The molecular formula is C73H117N13O3. The van der Waals surface area contributed by atoms with E-state index < -0.39 is 6.03 Å². The van der Waals surface area contributed by atoms with E-state index in [0.717, 1.165) is 87.4 Å². The molecule has 10 aliphatic rings. The van der Waals surface area contributed by atoms with Gasteiger partial charge >= 0.3 is 6.03 Å². The molecule has 0 aromatic carbocycles. The standard InChI is InChI=1S/C36H55N7O2.C35H54N6O.2CH4/c1-31(2)13-15-36(27-20(29(44)43-41-27)11-17-39-30(38)45)16-14-34(6)22(23(36)19-31)8-9-25-33(5)18-21-26(40-42-28(21)37)32(3,4)24(33)10-12-35(25,34)7;1-30(2)13-15-35(27-20(11-17-36)29(42)41-39-27)16-14-33(6)22(23(35)19-30)8-9-25-32(5)18-21-26(38-40-28(21)37)31(3,4)24(32)10-12-34(25,33)7;;/h8,23-25H,9-19H2,1-7H3,(H3,37,40,42)(H3,38,39,45)(H2,41,43,44);8,23-25H,9-19,36H2,1-7H3,(H3,37,38,40)(H2,39,41,42);2*1H4/t23?,24?,25?,33-,34+,35+,36-;23?,24?,25?,32-,33+,34+,35-;;/m00../s1. The Bertz CT molecular complexity index is 3600. The van der Waals surface area contributed by atoms with Crippen molar-refractivity contribution in [2.45, 2.75) is 262 Å². The Kier molecular flexibility index (Phi) is 15.3. The number of allylic oxidation sites excluding steroid dienone is 4. The lowest BCUT2D eigenvalue weighted by Gasteiger charge is -2.71. The molecule has 16 heteroatoms. The van der Waals surface area contributed by atoms with Crippen molar-refractivity contribution < 1.29 is 4.79 Å². The third-order valence-electron chi connectivity index (χ3n) is 29.6. The predicted octanol–water partition coefficient (Wildman–Crippen LogP) is 13.5. The Morgan fingerprint density at radius 3 is 1.33 bits per heavy atom. The molecule has 15 N–H and O–H groups in total. The van der Waals surface area contributed by atoms with E-state index in [1.165, 1.54) is 73.2 Å². The molecule has 0 radical (unpaired) electrons. The highest BCUT2D eigenvalue weighted by Gasteiger charge is 2.71. The number of rotatable bonds is 7. The summed E-state index contributed by atoms with van der Waals surface area (Å²) < 4.78 is 0. The molecule has 492 valence electrons. The van der Waals surface area contributed by atoms with Gasteiger partial charge in [0, 0.05) is 73.2 Å². The number of nitrogens with two attached hydrogens (primary N) is 4. The number of hydrogen-bond donors (Lipinski definition) is 11. The zero-order chi connectivity index (χ0) is 62.5. The van der Waals surface area contributed by atoms with Crippen LogP contribution in [-0.4, -0.2) is 59.9 Å². The number of anilines is 2. The van der Waals surface area contributed by atoms with Crippen molar-refractivity contribution in [1.82, 2.24) is 46.1 Å². The average Bonchev–Trinajstić information content (AvgIpc) is 1.20. The number of carbonyl (C=O) groups is 1. The van der Waals surface area contributed by atoms with Crippen LogP contribution in [0.25, 0.3) is 0 Å². The topological polar surface area (TPSA) is 288 Å². The van der Waals surface area contributed by atoms with Crippen LogP contribution in [0.4, 0.5) is 16.4 Å². The molecule has 6 fully saturated rings. The van der Waals surface area contributed by atoms with E-state index in [1.54, 1.807) is 11.1 Å². The quantitative estimate of drug-likeness (QED) is 0.0789. The first-order chi connectivity index (χ1) is 40.6. The summed E-state index contributed by atoms with van der Waals surface area (Å²) in [5.74, 6) is 4.46. The number of fused-ring (bicyclic) bond motifs is 16. The molecule has 6 saturated carbocycles. The molecule has 4 aromatic heterocycles. The number of amides is 2. The van der Waals surface area contributed by atoms with Crippen molar-refractivity contribution >= 4 is 17.7 Å². The van der Waals surface area contributed by atoms with E-state index >= 15 is 0 Å². The molecule has 0 bridgehead atoms. The number of aromatic amines is 6. The van der Waals surface area contributed by atoms with Gasteiger partial charge in [-0.1, -0.05) is 135 Å². The second-order valence-corrected chi connectivity index (χ2v) is 34.9. The third-order valence-corrected chi connectivity index (χ3v) is 29.6. The van der Waals surface area contributed by atoms with Gasteiger partial charge in [-0.3, -0.25) is 30.0 Å². The van der Waals surface area contributed by atoms with Gasteiger partial charge in [0.25, 0.3) is 11.1 Å². The number of aromatic nitrogens is 8. The minimum absolute atomic E-state index is 0. The molecule has 14 rings (SSSR count). The Hall–Kier alpha value is -5.25. The molecule has 4 heterocycles. The first kappa shape index (κ1) is 65.2. The van der Waals surface area contributed by atoms with Crippen LogP contribution in [0.1, 0.15) is 260 Å². The molecule has 6 unspecified atom stereocenters. The maximum atomic E-state index is 13.2. The third kappa shape index (κ3) is 8.79. The normalized spacial score (nSPS) is 39.5. The molecule has 0 aliphatic heterocycles. The summed E-state index contributed by atoms with van der Waals surface area (Å²) >= 11 is 0. The average molecular weight is 1220 g/mol. The fourth-order valence-electron chi connectivity index (χ4n) is 24.8. The lowest BCUT2D eigenvalue weighted by Crippen LogP contribution is -2.64. The van der Waals surface area contributed by atoms with E-state index in [9.17, 15) is 14.4 Å². The van der Waals surface area contributed by atoms with Crippen molar-refractivity contribution in [2.24, 2.45) is 90.3 Å². The fourth-order valence-corrected chi connectivity index (χ4v) is 24.8. The number of H-pyrrole nitrogens is 6. The molecule has 10 aliphatic carbocycles. The molecule has 89 heavy (non-hydrogen) atoms. The smallest absolute Gasteiger partial charge is 0.312 e. The van der Waals surface area contributed by atoms with Crippen LogP contribution >= 0.6 is 0 Å². The molecule has 2 amide bonds. The summed E-state index contributed by atoms with van der Waals surface area (Å²) in [4.78, 5) is 37.6. The Morgan fingerprint density at radius 2 is 0.933 bits per heavy atom. The van der Waals surface area contributed by atoms with Crippen LogP contribution in [0.15, 0.2) is 32.9 Å². The maximum absolute atomic E-state index is 13.2. The maximum Gasteiger partial charge on any atom is 0.312 e. The molecule has 14 atom stereocenters. The van der Waals surface area contributed by atoms with E-state index in [2.05, 4.69) is 155 Å². The van der Waals surface area contributed by atoms with Crippen LogP contribution < -0.4 is 39.4 Å². The van der Waals surface area contributed by atoms with Gasteiger partial charge in [-0.25, -0.2) is 4.79 Å². The molecular weight excluding hydrogens is 1110 g/mol. The number of primary amides is 1. The SMILES string of the molecule is C.C.CC1(C)CC[C@]2(c3[nH][nH]c(=O)c3CCN)CC[C@]3(C)C(=CCC4[C@@]5(C)Cc6c(N)n[nH]c6C(C)(C)C5CC[C@]43C)C2C1.CC1(C)CC[C@]2(c3[nH][nH]c(=O)c3CCNC(N)=O)CC[C@]3(C)C(=CCC4[C@@]5(C)Cc6c(N)n[nH]c6C(C)(C)C5CC[C@]43C)C2C1. The van der Waals surface area contributed by atoms with Gasteiger partial charge in [0.05, 0.1) is 0 Å². The van der Waals surface area contributed by atoms with Crippen molar-refractivity contribution in [3.8, 4) is 0 Å². The first-order valence-corrected chi connectivity index (χ1v) is 34.1. The molecule has 4 aromatic rings. The Morgan fingerprint density at radius 1 is 0.539 bits per heavy atom. The van der Waals surface area contributed by atoms with E-state index in [0.29, 0.717) is 73.1 Å². The van der Waals surface area contributed by atoms with Gasteiger partial charge < -0.3 is 38.4 Å². The number of carbonyl (C=O) groups excluding carboxylic acids is 1. The summed E-state index contributed by atoms with van der Waals surface area (Å²) in [6.45, 7) is 36.0. The summed E-state index contributed by atoms with van der Waals surface area (Å²) in [6.07, 6.45) is 26.9. The van der Waals surface area contributed by atoms with Gasteiger partial charge in [0.2, 0.25) is 0 Å². The number of nitrogens with one attached hydrogen (secondary N) is 7. The van der Waals surface area contributed by atoms with E-state index in [-0.39, 0.29) is 91.0 Å². The highest BCUT2D eigenvalue weighted by atomic mass is 16.2. The first-order valence-electron chi connectivity index (χ1n) is 34.1. The van der Waals surface area contributed by atoms with Crippen molar-refractivity contribution in [3.63, 3.8) is 0 Å². The molecule has 0 saturated heterocycles. The second kappa shape index (κ2) is 20.9. The highest BCUT2D eigenvalue weighted by molar-refractivity contribution is 5.71. The predicted molar refractivity (Wildman–Crippen MR) is 360 cm³/mol. The van der Waals surface area contributed by atoms with Crippen LogP contribution in [0.5, 0.6) is 0 Å². The van der Waals surface area contributed by atoms with Crippen molar-refractivity contribution in [1.29, 1.82) is 0 Å². The summed E-state index contributed by atoms with van der Waals surface area (Å²) in [5, 5.41) is 31.2. The zero-order valence-corrected chi connectivity index (χ0v) is 55.6. The van der Waals surface area contributed by atoms with Crippen molar-refractivity contribution in [3.05, 3.63) is 89.0 Å². The number of nitrogen functional groups attached to an aromatic ring is 2. The Labute approximate surface area is 531 Å². The second-order valence-electron chi connectivity index (χ2n) is 34.9. The number of nitrogens with zero attached hydrogens (tertiary/aromatic N) is 2. The molecule has 0 spiro atoms. The van der Waals surface area contributed by atoms with Crippen LogP contribution in [0, 0.1) is 78.8 Å². The minimum atomic E-state index is -0.556. The van der Waals surface area contributed by atoms with E-state index in [4.69, 9.17) is 22.9 Å². The minimum Gasteiger partial charge on any atom is -0.382 e. The lowest BCUT2D eigenvalue weighted by molar-refractivity contribution is -0.154. The van der Waals surface area contributed by atoms with Crippen LogP contribution in [0.3, 0.4) is 0 Å². The van der Waals surface area contributed by atoms with Crippen LogP contribution in [-0.2, 0) is 47.3 Å². The summed E-state index contributed by atoms with van der Waals surface area (Å²) in [6, 6.07) is -0.556. The monoisotopic (exact) mass is 1220 g/mol. The fraction of sp³-hybridized carbons (Fsp3) is 0.767. The van der Waals surface area contributed by atoms with Gasteiger partial charge in [0.1, 0.15) is 11.6 Å².